The van der Waals surface area contributed by atoms with Gasteiger partial charge in [-0.2, -0.15) is 5.10 Å². The number of aryl methyl sites for hydroxylation is 1. The number of hydrogen-bond acceptors (Lipinski definition) is 4. The molecule has 0 saturated carbocycles. The summed E-state index contributed by atoms with van der Waals surface area (Å²) in [5.41, 5.74) is 6.50. The molecule has 0 spiro atoms. The predicted octanol–water partition coefficient (Wildman–Crippen LogP) is 2.51. The van der Waals surface area contributed by atoms with Crippen molar-refractivity contribution < 1.29 is 0 Å². The van der Waals surface area contributed by atoms with E-state index in [4.69, 9.17) is 17.3 Å². The third-order valence-electron chi connectivity index (χ3n) is 3.76. The molecular weight excluding hydrogens is 288 g/mol. The van der Waals surface area contributed by atoms with Gasteiger partial charge in [-0.15, -0.1) is 0 Å². The molecule has 0 aromatic carbocycles. The van der Waals surface area contributed by atoms with Crippen LogP contribution in [0.3, 0.4) is 0 Å². The lowest BCUT2D eigenvalue weighted by atomic mass is 10.0. The first-order valence-corrected chi connectivity index (χ1v) is 7.98. The number of hydrogen-bond donors (Lipinski definition) is 1. The number of aromatic nitrogens is 2. The van der Waals surface area contributed by atoms with Crippen LogP contribution in [0.2, 0.25) is 5.02 Å². The van der Waals surface area contributed by atoms with Gasteiger partial charge in [0.25, 0.3) is 5.56 Å². The van der Waals surface area contributed by atoms with E-state index < -0.39 is 0 Å². The van der Waals surface area contributed by atoms with Crippen LogP contribution >= 0.6 is 11.6 Å². The van der Waals surface area contributed by atoms with Crippen molar-refractivity contribution in [3.63, 3.8) is 0 Å². The molecule has 0 amide bonds. The van der Waals surface area contributed by atoms with Gasteiger partial charge in [0.15, 0.2) is 0 Å². The van der Waals surface area contributed by atoms with Crippen molar-refractivity contribution in [2.24, 2.45) is 11.7 Å². The summed E-state index contributed by atoms with van der Waals surface area (Å²) in [6.45, 7) is 7.64. The van der Waals surface area contributed by atoms with Gasteiger partial charge in [0.05, 0.1) is 11.9 Å². The van der Waals surface area contributed by atoms with Crippen molar-refractivity contribution in [3.05, 3.63) is 21.6 Å². The zero-order valence-corrected chi connectivity index (χ0v) is 14.2. The number of nitrogens with zero attached hydrogens (tertiary/aromatic N) is 3. The molecule has 2 N–H and O–H groups in total. The van der Waals surface area contributed by atoms with E-state index in [0.717, 1.165) is 25.8 Å². The second kappa shape index (κ2) is 8.39. The third-order valence-corrected chi connectivity index (χ3v) is 4.11. The lowest BCUT2D eigenvalue weighted by molar-refractivity contribution is 0.466. The lowest BCUT2D eigenvalue weighted by Gasteiger charge is -2.23. The summed E-state index contributed by atoms with van der Waals surface area (Å²) >= 11 is 6.20. The molecule has 1 aromatic rings. The van der Waals surface area contributed by atoms with Crippen molar-refractivity contribution in [3.8, 4) is 0 Å². The van der Waals surface area contributed by atoms with Gasteiger partial charge in [-0.3, -0.25) is 4.79 Å². The Balaban J connectivity index is 2.79. The average molecular weight is 315 g/mol. The molecule has 0 saturated heterocycles. The Bertz CT molecular complexity index is 501. The van der Waals surface area contributed by atoms with Crippen molar-refractivity contribution in [1.82, 2.24) is 9.78 Å². The summed E-state index contributed by atoms with van der Waals surface area (Å²) in [6.07, 6.45) is 4.45. The van der Waals surface area contributed by atoms with Crippen molar-refractivity contribution >= 4 is 17.3 Å². The Morgan fingerprint density at radius 1 is 1.48 bits per heavy atom. The number of halogens is 1. The van der Waals surface area contributed by atoms with E-state index in [0.29, 0.717) is 18.2 Å². The number of rotatable bonds is 8. The molecule has 5 nitrogen and oxygen atoms in total. The van der Waals surface area contributed by atoms with Crippen LogP contribution < -0.4 is 16.2 Å². The highest BCUT2D eigenvalue weighted by atomic mass is 35.5. The van der Waals surface area contributed by atoms with Gasteiger partial charge < -0.3 is 10.6 Å². The van der Waals surface area contributed by atoms with Gasteiger partial charge in [-0.25, -0.2) is 4.68 Å². The highest BCUT2D eigenvalue weighted by molar-refractivity contribution is 6.33. The second-order valence-corrected chi connectivity index (χ2v) is 6.22. The van der Waals surface area contributed by atoms with Crippen LogP contribution in [0.15, 0.2) is 11.0 Å². The van der Waals surface area contributed by atoms with Crippen molar-refractivity contribution in [1.29, 1.82) is 0 Å². The van der Waals surface area contributed by atoms with Gasteiger partial charge in [0.2, 0.25) is 0 Å². The Morgan fingerprint density at radius 3 is 2.71 bits per heavy atom. The molecule has 1 heterocycles. The Kier molecular flexibility index (Phi) is 7.18. The molecule has 1 rings (SSSR count). The summed E-state index contributed by atoms with van der Waals surface area (Å²) in [4.78, 5) is 14.1. The van der Waals surface area contributed by atoms with Crippen LogP contribution in [-0.2, 0) is 6.54 Å². The van der Waals surface area contributed by atoms with Crippen LogP contribution in [0.25, 0.3) is 0 Å². The molecule has 0 aliphatic rings. The number of anilines is 1. The molecule has 1 atom stereocenters. The Hall–Kier alpha value is -1.07. The van der Waals surface area contributed by atoms with Crippen LogP contribution in [0.1, 0.15) is 40.0 Å². The fourth-order valence-electron chi connectivity index (χ4n) is 1.99. The van der Waals surface area contributed by atoms with E-state index in [1.165, 1.54) is 4.68 Å². The second-order valence-electron chi connectivity index (χ2n) is 5.84. The van der Waals surface area contributed by atoms with Gasteiger partial charge >= 0.3 is 0 Å². The van der Waals surface area contributed by atoms with E-state index in [9.17, 15) is 4.79 Å². The molecule has 21 heavy (non-hydrogen) atoms. The molecule has 0 aliphatic carbocycles. The molecule has 6 heteroatoms. The zero-order chi connectivity index (χ0) is 16.0. The first kappa shape index (κ1) is 18.0. The smallest absolute Gasteiger partial charge is 0.287 e. The molecule has 1 unspecified atom stereocenters. The van der Waals surface area contributed by atoms with Gasteiger partial charge in [-0.05, 0) is 18.8 Å². The monoisotopic (exact) mass is 314 g/mol. The maximum atomic E-state index is 12.2. The normalized spacial score (nSPS) is 12.7. The lowest BCUT2D eigenvalue weighted by Crippen LogP contribution is -2.33. The maximum Gasteiger partial charge on any atom is 0.287 e. The number of unbranched alkanes of at least 4 members (excludes halogenated alkanes) is 1. The highest BCUT2D eigenvalue weighted by Gasteiger charge is 2.14. The van der Waals surface area contributed by atoms with E-state index in [1.54, 1.807) is 6.20 Å². The standard InChI is InChI=1S/C15H27ClN4O/c1-5-6-8-20-15(21)14(16)13(10-18-20)19(4)9-7-12(17)11(2)3/h10-12H,5-9,17H2,1-4H3. The van der Waals surface area contributed by atoms with Gasteiger partial charge in [0, 0.05) is 26.2 Å². The van der Waals surface area contributed by atoms with Crippen LogP contribution in [-0.4, -0.2) is 29.4 Å². The molecule has 120 valence electrons. The highest BCUT2D eigenvalue weighted by Crippen LogP contribution is 2.20. The minimum Gasteiger partial charge on any atom is -0.372 e. The predicted molar refractivity (Wildman–Crippen MR) is 89.1 cm³/mol. The third kappa shape index (κ3) is 5.00. The van der Waals surface area contributed by atoms with Gasteiger partial charge in [0.1, 0.15) is 5.02 Å². The summed E-state index contributed by atoms with van der Waals surface area (Å²) in [5, 5.41) is 4.44. The summed E-state index contributed by atoms with van der Waals surface area (Å²) < 4.78 is 1.43. The summed E-state index contributed by atoms with van der Waals surface area (Å²) in [7, 11) is 1.91. The van der Waals surface area contributed by atoms with Crippen molar-refractivity contribution in [2.45, 2.75) is 52.6 Å². The molecular formula is C15H27ClN4O. The van der Waals surface area contributed by atoms with E-state index in [1.807, 2.05) is 11.9 Å². The molecule has 0 radical (unpaired) electrons. The zero-order valence-electron chi connectivity index (χ0n) is 13.5. The largest absolute Gasteiger partial charge is 0.372 e. The quantitative estimate of drug-likeness (QED) is 0.800. The summed E-state index contributed by atoms with van der Waals surface area (Å²) in [5.74, 6) is 0.439. The molecule has 1 aromatic heterocycles. The Morgan fingerprint density at radius 2 is 2.14 bits per heavy atom. The molecule has 0 bridgehead atoms. The Labute approximate surface area is 132 Å². The SMILES string of the molecule is CCCCn1ncc(N(C)CCC(N)C(C)C)c(Cl)c1=O. The summed E-state index contributed by atoms with van der Waals surface area (Å²) in [6, 6.07) is 0.143. The fourth-order valence-corrected chi connectivity index (χ4v) is 2.28. The van der Waals surface area contributed by atoms with Crippen LogP contribution in [0, 0.1) is 5.92 Å². The van der Waals surface area contributed by atoms with E-state index >= 15 is 0 Å². The van der Waals surface area contributed by atoms with Crippen LogP contribution in [0.5, 0.6) is 0 Å². The minimum atomic E-state index is -0.220. The van der Waals surface area contributed by atoms with Crippen LogP contribution in [0.4, 0.5) is 5.69 Å². The van der Waals surface area contributed by atoms with E-state index in [-0.39, 0.29) is 16.6 Å². The fraction of sp³-hybridized carbons (Fsp3) is 0.733. The average Bonchev–Trinajstić information content (AvgIpc) is 2.45. The molecule has 0 aliphatic heterocycles. The molecule has 0 fully saturated rings. The van der Waals surface area contributed by atoms with Gasteiger partial charge in [-0.1, -0.05) is 38.8 Å². The minimum absolute atomic E-state index is 0.143. The first-order valence-electron chi connectivity index (χ1n) is 7.60. The topological polar surface area (TPSA) is 64.2 Å². The number of nitrogens with two attached hydrogens (primary N) is 1. The maximum absolute atomic E-state index is 12.2. The van der Waals surface area contributed by atoms with Crippen molar-refractivity contribution in [2.75, 3.05) is 18.5 Å². The van der Waals surface area contributed by atoms with E-state index in [2.05, 4.69) is 25.9 Å². The first-order chi connectivity index (χ1) is 9.88.